The van der Waals surface area contributed by atoms with Crippen LogP contribution in [0.15, 0.2) is 11.1 Å². The van der Waals surface area contributed by atoms with Gasteiger partial charge in [-0.05, 0) is 38.7 Å². The minimum Gasteiger partial charge on any atom is -0.381 e. The van der Waals surface area contributed by atoms with E-state index in [1.165, 1.54) is 12.0 Å². The monoisotopic (exact) mass is 196 g/mol. The zero-order valence-electron chi connectivity index (χ0n) is 9.43. The highest BCUT2D eigenvalue weighted by Gasteiger charge is 2.19. The minimum absolute atomic E-state index is 0.218. The lowest BCUT2D eigenvalue weighted by Gasteiger charge is -2.24. The SMILES string of the molecule is CC/C(C(C)=O)=C(/C)C1CCCOC1. The van der Waals surface area contributed by atoms with E-state index in [1.807, 2.05) is 6.92 Å². The molecule has 0 N–H and O–H groups in total. The molecule has 1 heterocycles. The van der Waals surface area contributed by atoms with Gasteiger partial charge >= 0.3 is 0 Å². The van der Waals surface area contributed by atoms with Gasteiger partial charge in [0.1, 0.15) is 0 Å². The van der Waals surface area contributed by atoms with Crippen molar-refractivity contribution < 1.29 is 9.53 Å². The highest BCUT2D eigenvalue weighted by atomic mass is 16.5. The molecule has 0 aromatic carbocycles. The molecule has 0 saturated carbocycles. The summed E-state index contributed by atoms with van der Waals surface area (Å²) in [5.41, 5.74) is 2.25. The van der Waals surface area contributed by atoms with E-state index in [2.05, 4.69) is 6.92 Å². The molecule has 0 amide bonds. The van der Waals surface area contributed by atoms with Crippen LogP contribution in [0.2, 0.25) is 0 Å². The number of hydrogen-bond acceptors (Lipinski definition) is 2. The first kappa shape index (κ1) is 11.4. The number of carbonyl (C=O) groups excluding carboxylic acids is 1. The Labute approximate surface area is 86.3 Å². The smallest absolute Gasteiger partial charge is 0.155 e. The summed E-state index contributed by atoms with van der Waals surface area (Å²) < 4.78 is 5.43. The highest BCUT2D eigenvalue weighted by molar-refractivity contribution is 5.93. The fraction of sp³-hybridized carbons (Fsp3) is 0.750. The first-order chi connectivity index (χ1) is 6.66. The molecule has 1 aliphatic rings. The van der Waals surface area contributed by atoms with Crippen molar-refractivity contribution in [2.24, 2.45) is 5.92 Å². The second kappa shape index (κ2) is 5.30. The summed E-state index contributed by atoms with van der Waals surface area (Å²) in [6.07, 6.45) is 3.14. The first-order valence-electron chi connectivity index (χ1n) is 5.45. The van der Waals surface area contributed by atoms with Gasteiger partial charge in [0.05, 0.1) is 6.61 Å². The summed E-state index contributed by atoms with van der Waals surface area (Å²) in [5.74, 6) is 0.693. The van der Waals surface area contributed by atoms with Gasteiger partial charge in [0.25, 0.3) is 0 Å². The number of Topliss-reactive ketones (excluding diaryl/α,β-unsaturated/α-hetero) is 1. The van der Waals surface area contributed by atoms with Crippen molar-refractivity contribution >= 4 is 5.78 Å². The Kier molecular flexibility index (Phi) is 4.33. The molecule has 0 radical (unpaired) electrons. The summed E-state index contributed by atoms with van der Waals surface area (Å²) in [5, 5.41) is 0. The molecule has 0 spiro atoms. The highest BCUT2D eigenvalue weighted by Crippen LogP contribution is 2.25. The van der Waals surface area contributed by atoms with Gasteiger partial charge in [-0.3, -0.25) is 4.79 Å². The lowest BCUT2D eigenvalue weighted by molar-refractivity contribution is -0.113. The fourth-order valence-electron chi connectivity index (χ4n) is 2.13. The van der Waals surface area contributed by atoms with Gasteiger partial charge in [0.15, 0.2) is 5.78 Å². The zero-order valence-corrected chi connectivity index (χ0v) is 9.43. The first-order valence-corrected chi connectivity index (χ1v) is 5.45. The predicted octanol–water partition coefficient (Wildman–Crippen LogP) is 2.73. The van der Waals surface area contributed by atoms with Crippen LogP contribution in [0.1, 0.15) is 40.0 Å². The number of rotatable bonds is 3. The largest absolute Gasteiger partial charge is 0.381 e. The van der Waals surface area contributed by atoms with Crippen LogP contribution in [0.25, 0.3) is 0 Å². The standard InChI is InChI=1S/C12H20O2/c1-4-12(10(3)13)9(2)11-6-5-7-14-8-11/h11H,4-8H2,1-3H3/b12-9+. The average molecular weight is 196 g/mol. The maximum absolute atomic E-state index is 11.4. The summed E-state index contributed by atoms with van der Waals surface area (Å²) in [6.45, 7) is 7.46. The number of carbonyl (C=O) groups is 1. The Hall–Kier alpha value is -0.630. The average Bonchev–Trinajstić information content (AvgIpc) is 2.19. The molecular formula is C12H20O2. The second-order valence-corrected chi connectivity index (χ2v) is 3.99. The Bertz CT molecular complexity index is 235. The molecule has 1 fully saturated rings. The quantitative estimate of drug-likeness (QED) is 0.649. The molecule has 1 saturated heterocycles. The van der Waals surface area contributed by atoms with E-state index in [4.69, 9.17) is 4.74 Å². The van der Waals surface area contributed by atoms with Crippen LogP contribution in [-0.4, -0.2) is 19.0 Å². The Morgan fingerprint density at radius 2 is 2.14 bits per heavy atom. The van der Waals surface area contributed by atoms with E-state index in [0.717, 1.165) is 31.6 Å². The molecule has 1 rings (SSSR count). The van der Waals surface area contributed by atoms with Crippen molar-refractivity contribution in [3.8, 4) is 0 Å². The van der Waals surface area contributed by atoms with Gasteiger partial charge in [0.2, 0.25) is 0 Å². The van der Waals surface area contributed by atoms with Crippen molar-refractivity contribution in [2.75, 3.05) is 13.2 Å². The molecule has 1 aliphatic heterocycles. The molecule has 0 aromatic rings. The maximum atomic E-state index is 11.4. The van der Waals surface area contributed by atoms with Crippen LogP contribution < -0.4 is 0 Å². The molecule has 2 nitrogen and oxygen atoms in total. The van der Waals surface area contributed by atoms with Crippen molar-refractivity contribution in [3.05, 3.63) is 11.1 Å². The molecule has 0 aromatic heterocycles. The van der Waals surface area contributed by atoms with E-state index in [9.17, 15) is 4.79 Å². The van der Waals surface area contributed by atoms with Crippen molar-refractivity contribution in [1.82, 2.24) is 0 Å². The van der Waals surface area contributed by atoms with E-state index in [0.29, 0.717) is 5.92 Å². The fourth-order valence-corrected chi connectivity index (χ4v) is 2.13. The topological polar surface area (TPSA) is 26.3 Å². The third kappa shape index (κ3) is 2.68. The maximum Gasteiger partial charge on any atom is 0.155 e. The summed E-state index contributed by atoms with van der Waals surface area (Å²) >= 11 is 0. The van der Waals surface area contributed by atoms with Crippen LogP contribution in [0.3, 0.4) is 0 Å². The number of ketones is 1. The summed E-state index contributed by atoms with van der Waals surface area (Å²) in [7, 11) is 0. The molecule has 80 valence electrons. The third-order valence-electron chi connectivity index (χ3n) is 3.03. The van der Waals surface area contributed by atoms with E-state index in [1.54, 1.807) is 6.92 Å². The van der Waals surface area contributed by atoms with Crippen molar-refractivity contribution in [1.29, 1.82) is 0 Å². The number of allylic oxidation sites excluding steroid dienone is 1. The number of ether oxygens (including phenoxy) is 1. The number of hydrogen-bond donors (Lipinski definition) is 0. The zero-order chi connectivity index (χ0) is 10.6. The van der Waals surface area contributed by atoms with Gasteiger partial charge in [-0.2, -0.15) is 0 Å². The van der Waals surface area contributed by atoms with E-state index >= 15 is 0 Å². The van der Waals surface area contributed by atoms with Gasteiger partial charge in [-0.25, -0.2) is 0 Å². The van der Waals surface area contributed by atoms with Crippen molar-refractivity contribution in [3.63, 3.8) is 0 Å². The molecule has 1 atom stereocenters. The van der Waals surface area contributed by atoms with Gasteiger partial charge in [-0.15, -0.1) is 0 Å². The summed E-state index contributed by atoms with van der Waals surface area (Å²) in [4.78, 5) is 11.4. The van der Waals surface area contributed by atoms with Crippen molar-refractivity contribution in [2.45, 2.75) is 40.0 Å². The molecule has 1 unspecified atom stereocenters. The normalized spacial score (nSPS) is 24.4. The molecule has 2 heteroatoms. The molecule has 0 bridgehead atoms. The van der Waals surface area contributed by atoms with Crippen LogP contribution in [0.5, 0.6) is 0 Å². The van der Waals surface area contributed by atoms with Crippen LogP contribution >= 0.6 is 0 Å². The van der Waals surface area contributed by atoms with Gasteiger partial charge in [0, 0.05) is 12.5 Å². The Morgan fingerprint density at radius 1 is 1.43 bits per heavy atom. The Morgan fingerprint density at radius 3 is 2.57 bits per heavy atom. The summed E-state index contributed by atoms with van der Waals surface area (Å²) in [6, 6.07) is 0. The van der Waals surface area contributed by atoms with E-state index < -0.39 is 0 Å². The Balaban J connectivity index is 2.76. The molecular weight excluding hydrogens is 176 g/mol. The van der Waals surface area contributed by atoms with Crippen LogP contribution in [0, 0.1) is 5.92 Å². The molecule has 14 heavy (non-hydrogen) atoms. The van der Waals surface area contributed by atoms with Crippen LogP contribution in [0.4, 0.5) is 0 Å². The lowest BCUT2D eigenvalue weighted by Crippen LogP contribution is -2.20. The van der Waals surface area contributed by atoms with Gasteiger partial charge < -0.3 is 4.74 Å². The second-order valence-electron chi connectivity index (χ2n) is 3.99. The lowest BCUT2D eigenvalue weighted by atomic mass is 9.89. The molecule has 0 aliphatic carbocycles. The minimum atomic E-state index is 0.218. The van der Waals surface area contributed by atoms with Crippen LogP contribution in [-0.2, 0) is 9.53 Å². The van der Waals surface area contributed by atoms with Gasteiger partial charge in [-0.1, -0.05) is 12.5 Å². The van der Waals surface area contributed by atoms with E-state index in [-0.39, 0.29) is 5.78 Å². The predicted molar refractivity (Wildman–Crippen MR) is 57.2 cm³/mol. The third-order valence-corrected chi connectivity index (χ3v) is 3.03.